The molecule has 0 saturated heterocycles. The molecule has 0 heterocycles. The Kier molecular flexibility index (Phi) is 7.95. The molecule has 0 aliphatic heterocycles. The fourth-order valence-electron chi connectivity index (χ4n) is 3.16. The van der Waals surface area contributed by atoms with Crippen LogP contribution in [0, 0.1) is 5.92 Å². The molecule has 0 spiro atoms. The van der Waals surface area contributed by atoms with Gasteiger partial charge in [0, 0.05) is 0 Å². The fraction of sp³-hybridized carbons (Fsp3) is 0.385. The maximum atomic E-state index is 10.8. The Hall–Kier alpha value is -2.68. The van der Waals surface area contributed by atoms with Crippen molar-refractivity contribution in [1.29, 1.82) is 0 Å². The molecule has 0 saturated carbocycles. The maximum Gasteiger partial charge on any atom is 0.157 e. The quantitative estimate of drug-likeness (QED) is 0.344. The van der Waals surface area contributed by atoms with Crippen molar-refractivity contribution in [3.63, 3.8) is 0 Å². The number of phenols is 3. The van der Waals surface area contributed by atoms with Crippen LogP contribution in [0.2, 0.25) is 0 Å². The highest BCUT2D eigenvalue weighted by atomic mass is 16.3. The van der Waals surface area contributed by atoms with Gasteiger partial charge in [-0.1, -0.05) is 62.8 Å². The SMILES string of the molecule is CC(C)=CCc1cc(C(C)C=Cc2ccc(O)c(O)c2)cc(CCC(C)C)c1O. The molecule has 3 heteroatoms. The normalized spacial score (nSPS) is 12.5. The van der Waals surface area contributed by atoms with Gasteiger partial charge in [0.25, 0.3) is 0 Å². The van der Waals surface area contributed by atoms with Crippen molar-refractivity contribution >= 4 is 6.08 Å². The molecule has 2 aromatic carbocycles. The topological polar surface area (TPSA) is 60.7 Å². The van der Waals surface area contributed by atoms with Gasteiger partial charge in [-0.05, 0) is 79.3 Å². The Balaban J connectivity index is 2.33. The second-order valence-corrected chi connectivity index (χ2v) is 8.50. The average Bonchev–Trinajstić information content (AvgIpc) is 2.66. The molecule has 1 atom stereocenters. The van der Waals surface area contributed by atoms with E-state index in [1.807, 2.05) is 6.08 Å². The van der Waals surface area contributed by atoms with E-state index in [4.69, 9.17) is 0 Å². The van der Waals surface area contributed by atoms with Gasteiger partial charge in [-0.3, -0.25) is 0 Å². The van der Waals surface area contributed by atoms with Gasteiger partial charge in [-0.15, -0.1) is 0 Å². The van der Waals surface area contributed by atoms with Gasteiger partial charge in [0.05, 0.1) is 0 Å². The lowest BCUT2D eigenvalue weighted by molar-refractivity contribution is 0.403. The molecule has 0 aromatic heterocycles. The first-order chi connectivity index (χ1) is 13.7. The molecule has 0 fully saturated rings. The van der Waals surface area contributed by atoms with Crippen LogP contribution in [0.1, 0.15) is 69.2 Å². The molecule has 1 unspecified atom stereocenters. The van der Waals surface area contributed by atoms with Crippen LogP contribution in [-0.2, 0) is 12.8 Å². The summed E-state index contributed by atoms with van der Waals surface area (Å²) in [6, 6.07) is 9.01. The van der Waals surface area contributed by atoms with Crippen LogP contribution in [0.5, 0.6) is 17.2 Å². The summed E-state index contributed by atoms with van der Waals surface area (Å²) in [6.45, 7) is 10.7. The van der Waals surface area contributed by atoms with E-state index in [-0.39, 0.29) is 17.4 Å². The highest BCUT2D eigenvalue weighted by molar-refractivity contribution is 5.56. The summed E-state index contributed by atoms with van der Waals surface area (Å²) in [5, 5.41) is 29.9. The maximum absolute atomic E-state index is 10.8. The predicted octanol–water partition coefficient (Wildman–Crippen LogP) is 6.72. The number of aromatic hydroxyl groups is 3. The zero-order valence-electron chi connectivity index (χ0n) is 18.2. The largest absolute Gasteiger partial charge is 0.507 e. The van der Waals surface area contributed by atoms with Crippen LogP contribution in [-0.4, -0.2) is 15.3 Å². The highest BCUT2D eigenvalue weighted by Gasteiger charge is 2.13. The van der Waals surface area contributed by atoms with Gasteiger partial charge in [0.1, 0.15) is 5.75 Å². The van der Waals surface area contributed by atoms with Crippen molar-refractivity contribution in [1.82, 2.24) is 0 Å². The van der Waals surface area contributed by atoms with Gasteiger partial charge < -0.3 is 15.3 Å². The minimum absolute atomic E-state index is 0.118. The van der Waals surface area contributed by atoms with Gasteiger partial charge in [-0.2, -0.15) is 0 Å². The van der Waals surface area contributed by atoms with Crippen molar-refractivity contribution in [3.8, 4) is 17.2 Å². The summed E-state index contributed by atoms with van der Waals surface area (Å²) in [7, 11) is 0. The third kappa shape index (κ3) is 6.70. The molecule has 3 N–H and O–H groups in total. The average molecular weight is 395 g/mol. The van der Waals surface area contributed by atoms with E-state index in [0.29, 0.717) is 11.7 Å². The van der Waals surface area contributed by atoms with E-state index >= 15 is 0 Å². The van der Waals surface area contributed by atoms with Crippen LogP contribution in [0.25, 0.3) is 6.08 Å². The van der Waals surface area contributed by atoms with E-state index in [2.05, 4.69) is 58.9 Å². The summed E-state index contributed by atoms with van der Waals surface area (Å²) >= 11 is 0. The molecule has 2 rings (SSSR count). The van der Waals surface area contributed by atoms with Gasteiger partial charge in [0.15, 0.2) is 11.5 Å². The van der Waals surface area contributed by atoms with Crippen LogP contribution in [0.15, 0.2) is 48.1 Å². The standard InChI is InChI=1S/C26H34O3/c1-17(2)6-11-21-15-23(16-22(26(21)29)12-7-18(3)4)19(5)8-9-20-10-13-24(27)25(28)14-20/h6,8-10,13-16,18-19,27-29H,7,11-12H2,1-5H3. The van der Waals surface area contributed by atoms with Gasteiger partial charge in [0.2, 0.25) is 0 Å². The first-order valence-electron chi connectivity index (χ1n) is 10.4. The second-order valence-electron chi connectivity index (χ2n) is 8.50. The molecular formula is C26H34O3. The predicted molar refractivity (Wildman–Crippen MR) is 122 cm³/mol. The first-order valence-corrected chi connectivity index (χ1v) is 10.4. The molecule has 0 aliphatic carbocycles. The van der Waals surface area contributed by atoms with E-state index < -0.39 is 0 Å². The zero-order chi connectivity index (χ0) is 21.6. The molecule has 2 aromatic rings. The smallest absolute Gasteiger partial charge is 0.157 e. The van der Waals surface area contributed by atoms with Crippen molar-refractivity contribution in [2.45, 2.75) is 59.8 Å². The molecule has 0 aliphatic rings. The zero-order valence-corrected chi connectivity index (χ0v) is 18.2. The van der Waals surface area contributed by atoms with Crippen LogP contribution in [0.4, 0.5) is 0 Å². The van der Waals surface area contributed by atoms with Crippen LogP contribution in [0.3, 0.4) is 0 Å². The lowest BCUT2D eigenvalue weighted by Gasteiger charge is -2.16. The summed E-state index contributed by atoms with van der Waals surface area (Å²) < 4.78 is 0. The van der Waals surface area contributed by atoms with E-state index in [1.165, 1.54) is 11.6 Å². The van der Waals surface area contributed by atoms with Gasteiger partial charge >= 0.3 is 0 Å². The molecular weight excluding hydrogens is 360 g/mol. The van der Waals surface area contributed by atoms with Crippen molar-refractivity contribution < 1.29 is 15.3 Å². The summed E-state index contributed by atoms with van der Waals surface area (Å²) in [4.78, 5) is 0. The Morgan fingerprint density at radius 2 is 1.62 bits per heavy atom. The lowest BCUT2D eigenvalue weighted by Crippen LogP contribution is -1.99. The Morgan fingerprint density at radius 1 is 0.931 bits per heavy atom. The van der Waals surface area contributed by atoms with E-state index in [9.17, 15) is 15.3 Å². The molecule has 0 radical (unpaired) electrons. The van der Waals surface area contributed by atoms with Crippen molar-refractivity contribution in [3.05, 3.63) is 70.3 Å². The number of benzene rings is 2. The van der Waals surface area contributed by atoms with Crippen molar-refractivity contribution in [2.75, 3.05) is 0 Å². The van der Waals surface area contributed by atoms with Crippen LogP contribution < -0.4 is 0 Å². The Morgan fingerprint density at radius 3 is 2.24 bits per heavy atom. The Bertz CT molecular complexity index is 887. The Labute approximate surface area is 175 Å². The summed E-state index contributed by atoms with van der Waals surface area (Å²) in [6.07, 6.45) is 8.79. The van der Waals surface area contributed by atoms with Crippen LogP contribution >= 0.6 is 0 Å². The van der Waals surface area contributed by atoms with Gasteiger partial charge in [-0.25, -0.2) is 0 Å². The number of hydrogen-bond acceptors (Lipinski definition) is 3. The number of phenolic OH excluding ortho intramolecular Hbond substituents is 3. The van der Waals surface area contributed by atoms with E-state index in [0.717, 1.165) is 41.5 Å². The molecule has 0 bridgehead atoms. The number of allylic oxidation sites excluding steroid dienone is 3. The number of rotatable bonds is 8. The third-order valence-corrected chi connectivity index (χ3v) is 5.11. The molecule has 29 heavy (non-hydrogen) atoms. The number of aryl methyl sites for hydroxylation is 1. The third-order valence-electron chi connectivity index (χ3n) is 5.11. The van der Waals surface area contributed by atoms with E-state index in [1.54, 1.807) is 12.1 Å². The fourth-order valence-corrected chi connectivity index (χ4v) is 3.16. The second kappa shape index (κ2) is 10.2. The highest BCUT2D eigenvalue weighted by Crippen LogP contribution is 2.32. The number of hydrogen-bond donors (Lipinski definition) is 3. The molecule has 0 amide bonds. The summed E-state index contributed by atoms with van der Waals surface area (Å²) in [5.41, 5.74) is 5.20. The molecule has 156 valence electrons. The minimum Gasteiger partial charge on any atom is -0.507 e. The monoisotopic (exact) mass is 394 g/mol. The van der Waals surface area contributed by atoms with Crippen molar-refractivity contribution in [2.24, 2.45) is 5.92 Å². The molecule has 3 nitrogen and oxygen atoms in total. The minimum atomic E-state index is -0.121. The lowest BCUT2D eigenvalue weighted by atomic mass is 9.91. The first kappa shape index (κ1) is 22.6. The summed E-state index contributed by atoms with van der Waals surface area (Å²) in [5.74, 6) is 0.914.